The van der Waals surface area contributed by atoms with Crippen LogP contribution < -0.4 is 14.8 Å². The molecule has 25 heavy (non-hydrogen) atoms. The van der Waals surface area contributed by atoms with Crippen molar-refractivity contribution in [3.05, 3.63) is 22.2 Å². The lowest BCUT2D eigenvalue weighted by molar-refractivity contribution is -0.124. The van der Waals surface area contributed by atoms with E-state index in [-0.39, 0.29) is 18.1 Å². The van der Waals surface area contributed by atoms with Gasteiger partial charge >= 0.3 is 5.97 Å². The van der Waals surface area contributed by atoms with Gasteiger partial charge in [0.05, 0.1) is 23.8 Å². The predicted molar refractivity (Wildman–Crippen MR) is 99.2 cm³/mol. The molecule has 1 rings (SSSR count). The highest BCUT2D eigenvalue weighted by molar-refractivity contribution is 9.10. The summed E-state index contributed by atoms with van der Waals surface area (Å²) in [6.45, 7) is 6.94. The van der Waals surface area contributed by atoms with Crippen molar-refractivity contribution in [1.82, 2.24) is 5.32 Å². The van der Waals surface area contributed by atoms with E-state index in [0.29, 0.717) is 35.0 Å². The first-order chi connectivity index (χ1) is 11.9. The highest BCUT2D eigenvalue weighted by atomic mass is 79.9. The van der Waals surface area contributed by atoms with E-state index in [0.717, 1.165) is 12.8 Å². The fourth-order valence-corrected chi connectivity index (χ4v) is 2.50. The molecule has 0 radical (unpaired) electrons. The van der Waals surface area contributed by atoms with Crippen LogP contribution in [0.25, 0.3) is 0 Å². The van der Waals surface area contributed by atoms with E-state index in [9.17, 15) is 9.59 Å². The minimum Gasteiger partial charge on any atom is -0.493 e. The molecule has 0 unspecified atom stereocenters. The first-order valence-electron chi connectivity index (χ1n) is 8.33. The van der Waals surface area contributed by atoms with Crippen LogP contribution in [-0.2, 0) is 9.53 Å². The van der Waals surface area contributed by atoms with E-state index in [1.165, 1.54) is 13.2 Å². The molecule has 0 spiro atoms. The van der Waals surface area contributed by atoms with E-state index in [1.807, 2.05) is 6.92 Å². The third kappa shape index (κ3) is 7.34. The minimum atomic E-state index is -0.597. The molecule has 140 valence electrons. The summed E-state index contributed by atoms with van der Waals surface area (Å²) in [7, 11) is 1.50. The van der Waals surface area contributed by atoms with Crippen LogP contribution in [0.3, 0.4) is 0 Å². The van der Waals surface area contributed by atoms with Crippen molar-refractivity contribution in [3.63, 3.8) is 0 Å². The summed E-state index contributed by atoms with van der Waals surface area (Å²) in [5.74, 6) is 0.549. The van der Waals surface area contributed by atoms with Gasteiger partial charge in [-0.1, -0.05) is 20.8 Å². The van der Waals surface area contributed by atoms with Gasteiger partial charge in [0.2, 0.25) is 0 Å². The topological polar surface area (TPSA) is 73.9 Å². The summed E-state index contributed by atoms with van der Waals surface area (Å²) in [4.78, 5) is 23.8. The third-order valence-electron chi connectivity index (χ3n) is 3.29. The van der Waals surface area contributed by atoms with Gasteiger partial charge in [0, 0.05) is 6.54 Å². The number of hydrogen-bond donors (Lipinski definition) is 1. The third-order valence-corrected chi connectivity index (χ3v) is 3.88. The molecule has 6 nitrogen and oxygen atoms in total. The van der Waals surface area contributed by atoms with Crippen LogP contribution in [0.15, 0.2) is 16.6 Å². The molecule has 7 heteroatoms. The summed E-state index contributed by atoms with van der Waals surface area (Å²) in [5, 5.41) is 2.72. The summed E-state index contributed by atoms with van der Waals surface area (Å²) in [6, 6.07) is 3.13. The van der Waals surface area contributed by atoms with Gasteiger partial charge in [0.1, 0.15) is 0 Å². The number of ether oxygens (including phenoxy) is 3. The van der Waals surface area contributed by atoms with E-state index >= 15 is 0 Å². The van der Waals surface area contributed by atoms with E-state index < -0.39 is 5.97 Å². The average molecular weight is 416 g/mol. The second-order valence-electron chi connectivity index (χ2n) is 5.95. The van der Waals surface area contributed by atoms with Crippen LogP contribution in [0.5, 0.6) is 11.5 Å². The molecule has 0 aromatic heterocycles. The predicted octanol–water partition coefficient (Wildman–Crippen LogP) is 3.57. The van der Waals surface area contributed by atoms with Crippen LogP contribution in [0, 0.1) is 5.92 Å². The number of benzene rings is 1. The number of esters is 1. The number of amides is 1. The maximum atomic E-state index is 12.2. The Bertz CT molecular complexity index is 589. The SMILES string of the molecule is CCCOc1c(Br)cc(C(=O)OCC(=O)NCCC(C)C)cc1OC. The molecule has 1 aromatic carbocycles. The van der Waals surface area contributed by atoms with E-state index in [4.69, 9.17) is 14.2 Å². The normalized spacial score (nSPS) is 10.5. The second kappa shape index (κ2) is 11.0. The van der Waals surface area contributed by atoms with Crippen molar-refractivity contribution in [2.75, 3.05) is 26.9 Å². The Kier molecular flexibility index (Phi) is 9.34. The number of methoxy groups -OCH3 is 1. The van der Waals surface area contributed by atoms with Crippen molar-refractivity contribution in [2.24, 2.45) is 5.92 Å². The van der Waals surface area contributed by atoms with Gasteiger partial charge in [-0.25, -0.2) is 4.79 Å². The molecular formula is C18H26BrNO5. The Morgan fingerprint density at radius 2 is 2.00 bits per heavy atom. The molecule has 1 aromatic rings. The van der Waals surface area contributed by atoms with Crippen molar-refractivity contribution in [3.8, 4) is 11.5 Å². The van der Waals surface area contributed by atoms with Crippen LogP contribution in [0.2, 0.25) is 0 Å². The van der Waals surface area contributed by atoms with Gasteiger partial charge < -0.3 is 19.5 Å². The second-order valence-corrected chi connectivity index (χ2v) is 6.80. The van der Waals surface area contributed by atoms with Gasteiger partial charge in [0.15, 0.2) is 18.1 Å². The molecule has 0 heterocycles. The zero-order valence-electron chi connectivity index (χ0n) is 15.2. The lowest BCUT2D eigenvalue weighted by atomic mass is 10.1. The first kappa shape index (κ1) is 21.3. The van der Waals surface area contributed by atoms with Crippen molar-refractivity contribution < 1.29 is 23.8 Å². The smallest absolute Gasteiger partial charge is 0.338 e. The Morgan fingerprint density at radius 1 is 1.28 bits per heavy atom. The molecule has 1 amide bonds. The zero-order valence-corrected chi connectivity index (χ0v) is 16.8. The van der Waals surface area contributed by atoms with Gasteiger partial charge in [-0.2, -0.15) is 0 Å². The number of carbonyl (C=O) groups is 2. The fraction of sp³-hybridized carbons (Fsp3) is 0.556. The van der Waals surface area contributed by atoms with E-state index in [2.05, 4.69) is 35.1 Å². The number of carbonyl (C=O) groups excluding carboxylic acids is 2. The lowest BCUT2D eigenvalue weighted by Gasteiger charge is -2.14. The molecule has 0 fully saturated rings. The zero-order chi connectivity index (χ0) is 18.8. The summed E-state index contributed by atoms with van der Waals surface area (Å²) in [6.07, 6.45) is 1.73. The number of rotatable bonds is 10. The van der Waals surface area contributed by atoms with E-state index in [1.54, 1.807) is 6.07 Å². The Balaban J connectivity index is 2.66. The van der Waals surface area contributed by atoms with Gasteiger partial charge in [-0.15, -0.1) is 0 Å². The largest absolute Gasteiger partial charge is 0.493 e. The maximum absolute atomic E-state index is 12.2. The molecular weight excluding hydrogens is 390 g/mol. The van der Waals surface area contributed by atoms with Crippen molar-refractivity contribution in [2.45, 2.75) is 33.6 Å². The lowest BCUT2D eigenvalue weighted by Crippen LogP contribution is -2.30. The standard InChI is InChI=1S/C18H26BrNO5/c1-5-8-24-17-14(19)9-13(10-15(17)23-4)18(22)25-11-16(21)20-7-6-12(2)3/h9-10,12H,5-8,11H2,1-4H3,(H,20,21). The summed E-state index contributed by atoms with van der Waals surface area (Å²) < 4.78 is 16.5. The monoisotopic (exact) mass is 415 g/mol. The molecule has 0 aliphatic rings. The molecule has 0 saturated carbocycles. The molecule has 0 aliphatic heterocycles. The van der Waals surface area contributed by atoms with Gasteiger partial charge in [0.25, 0.3) is 5.91 Å². The molecule has 1 N–H and O–H groups in total. The van der Waals surface area contributed by atoms with Crippen molar-refractivity contribution >= 4 is 27.8 Å². The van der Waals surface area contributed by atoms with Crippen LogP contribution >= 0.6 is 15.9 Å². The summed E-state index contributed by atoms with van der Waals surface area (Å²) >= 11 is 3.37. The molecule has 0 atom stereocenters. The Morgan fingerprint density at radius 3 is 2.60 bits per heavy atom. The quantitative estimate of drug-likeness (QED) is 0.591. The Hall–Kier alpha value is -1.76. The van der Waals surface area contributed by atoms with Crippen LogP contribution in [-0.4, -0.2) is 38.7 Å². The van der Waals surface area contributed by atoms with Crippen molar-refractivity contribution in [1.29, 1.82) is 0 Å². The van der Waals surface area contributed by atoms with Gasteiger partial charge in [-0.3, -0.25) is 4.79 Å². The number of nitrogens with one attached hydrogen (secondary N) is 1. The highest BCUT2D eigenvalue weighted by Crippen LogP contribution is 2.36. The van der Waals surface area contributed by atoms with Gasteiger partial charge in [-0.05, 0) is 46.8 Å². The fourth-order valence-electron chi connectivity index (χ4n) is 1.95. The average Bonchev–Trinajstić information content (AvgIpc) is 2.57. The Labute approximate surface area is 157 Å². The van der Waals surface area contributed by atoms with Crippen LogP contribution in [0.4, 0.5) is 0 Å². The molecule has 0 aliphatic carbocycles. The van der Waals surface area contributed by atoms with Crippen LogP contribution in [0.1, 0.15) is 44.0 Å². The summed E-state index contributed by atoms with van der Waals surface area (Å²) in [5.41, 5.74) is 0.280. The number of hydrogen-bond acceptors (Lipinski definition) is 5. The molecule has 0 saturated heterocycles. The highest BCUT2D eigenvalue weighted by Gasteiger charge is 2.17. The number of halogens is 1. The first-order valence-corrected chi connectivity index (χ1v) is 9.12. The maximum Gasteiger partial charge on any atom is 0.338 e. The minimum absolute atomic E-state index is 0.280. The molecule has 0 bridgehead atoms.